The molecule has 1 aromatic carbocycles. The molecule has 2 heterocycles. The van der Waals surface area contributed by atoms with Crippen molar-refractivity contribution in [3.05, 3.63) is 58.9 Å². The largest absolute Gasteiger partial charge is 0.337 e. The zero-order valence-electron chi connectivity index (χ0n) is 15.1. The molecule has 0 bridgehead atoms. The van der Waals surface area contributed by atoms with Crippen LogP contribution in [0, 0.1) is 13.8 Å². The van der Waals surface area contributed by atoms with Gasteiger partial charge in [0.1, 0.15) is 5.69 Å². The maximum absolute atomic E-state index is 12.7. The molecule has 0 radical (unpaired) electrons. The smallest absolute Gasteiger partial charge is 0.272 e. The summed E-state index contributed by atoms with van der Waals surface area (Å²) in [7, 11) is 0. The summed E-state index contributed by atoms with van der Waals surface area (Å²) in [5.41, 5.74) is 4.12. The topological polar surface area (TPSA) is 33.2 Å². The second kappa shape index (κ2) is 8.52. The van der Waals surface area contributed by atoms with Crippen LogP contribution < -0.4 is 0 Å². The number of pyridine rings is 1. The molecule has 1 aliphatic rings. The molecule has 1 fully saturated rings. The highest BCUT2D eigenvalue weighted by Crippen LogP contribution is 2.26. The number of rotatable bonds is 4. The normalized spacial score (nSPS) is 15.0. The number of benzene rings is 1. The fourth-order valence-corrected chi connectivity index (χ4v) is 4.14. The summed E-state index contributed by atoms with van der Waals surface area (Å²) in [5, 5.41) is 0. The van der Waals surface area contributed by atoms with Gasteiger partial charge in [0.15, 0.2) is 0 Å². The summed E-state index contributed by atoms with van der Waals surface area (Å²) >= 11 is 1.78. The van der Waals surface area contributed by atoms with Crippen LogP contribution in [0.25, 0.3) is 0 Å². The molecule has 0 N–H and O–H groups in total. The Morgan fingerprint density at radius 1 is 1.08 bits per heavy atom. The van der Waals surface area contributed by atoms with Crippen LogP contribution in [-0.2, 0) is 5.75 Å². The number of aromatic nitrogens is 1. The lowest BCUT2D eigenvalue weighted by Gasteiger charge is -2.20. The first-order valence-corrected chi connectivity index (χ1v) is 10.1. The van der Waals surface area contributed by atoms with Crippen LogP contribution in [0.4, 0.5) is 0 Å². The average Bonchev–Trinajstić information content (AvgIpc) is 2.90. The molecule has 132 valence electrons. The molecule has 0 spiro atoms. The zero-order valence-corrected chi connectivity index (χ0v) is 15.9. The van der Waals surface area contributed by atoms with Gasteiger partial charge in [-0.25, -0.2) is 4.98 Å². The van der Waals surface area contributed by atoms with Gasteiger partial charge in [0.25, 0.3) is 5.91 Å². The number of amides is 1. The highest BCUT2D eigenvalue weighted by Gasteiger charge is 2.18. The van der Waals surface area contributed by atoms with E-state index in [9.17, 15) is 4.79 Å². The third-order valence-corrected chi connectivity index (χ3v) is 5.83. The lowest BCUT2D eigenvalue weighted by molar-refractivity contribution is 0.0755. The minimum absolute atomic E-state index is 0.0836. The summed E-state index contributed by atoms with van der Waals surface area (Å²) in [6.07, 6.45) is 4.66. The standard InChI is InChI=1S/C21H26N2OS/c1-16-10-11-20(17(2)14-16)25-15-18-8-7-9-19(22-18)21(24)23-12-5-3-4-6-13-23/h7-11,14H,3-6,12-13,15H2,1-2H3. The number of aryl methyl sites for hydroxylation is 2. The molecule has 3 nitrogen and oxygen atoms in total. The summed E-state index contributed by atoms with van der Waals surface area (Å²) in [4.78, 5) is 20.6. The van der Waals surface area contributed by atoms with Crippen molar-refractivity contribution < 1.29 is 4.79 Å². The minimum atomic E-state index is 0.0836. The number of thioether (sulfide) groups is 1. The van der Waals surface area contributed by atoms with Crippen LogP contribution in [0.5, 0.6) is 0 Å². The number of hydrogen-bond donors (Lipinski definition) is 0. The van der Waals surface area contributed by atoms with Crippen LogP contribution in [0.1, 0.15) is 53.0 Å². The van der Waals surface area contributed by atoms with Crippen LogP contribution in [0.2, 0.25) is 0 Å². The second-order valence-corrected chi connectivity index (χ2v) is 7.80. The van der Waals surface area contributed by atoms with Gasteiger partial charge in [0.2, 0.25) is 0 Å². The van der Waals surface area contributed by atoms with E-state index in [4.69, 9.17) is 0 Å². The number of likely N-dealkylation sites (tertiary alicyclic amines) is 1. The van der Waals surface area contributed by atoms with Crippen LogP contribution >= 0.6 is 11.8 Å². The predicted molar refractivity (Wildman–Crippen MR) is 104 cm³/mol. The van der Waals surface area contributed by atoms with Crippen molar-refractivity contribution in [2.75, 3.05) is 13.1 Å². The molecule has 0 saturated carbocycles. The Kier molecular flexibility index (Phi) is 6.14. The van der Waals surface area contributed by atoms with Crippen molar-refractivity contribution in [3.8, 4) is 0 Å². The van der Waals surface area contributed by atoms with Gasteiger partial charge in [-0.15, -0.1) is 11.8 Å². The third kappa shape index (κ3) is 4.85. The van der Waals surface area contributed by atoms with E-state index < -0.39 is 0 Å². The van der Waals surface area contributed by atoms with Gasteiger partial charge in [0.05, 0.1) is 5.69 Å². The molecule has 1 aliphatic heterocycles. The number of nitrogens with zero attached hydrogens (tertiary/aromatic N) is 2. The molecule has 1 amide bonds. The van der Waals surface area contributed by atoms with Crippen LogP contribution in [-0.4, -0.2) is 28.9 Å². The molecular weight excluding hydrogens is 328 g/mol. The lowest BCUT2D eigenvalue weighted by atomic mass is 10.2. The minimum Gasteiger partial charge on any atom is -0.337 e. The van der Waals surface area contributed by atoms with E-state index in [1.807, 2.05) is 23.1 Å². The van der Waals surface area contributed by atoms with Crippen molar-refractivity contribution in [1.82, 2.24) is 9.88 Å². The van der Waals surface area contributed by atoms with E-state index in [-0.39, 0.29) is 5.91 Å². The molecular formula is C21H26N2OS. The molecule has 2 aromatic rings. The van der Waals surface area contributed by atoms with Crippen molar-refractivity contribution >= 4 is 17.7 Å². The highest BCUT2D eigenvalue weighted by molar-refractivity contribution is 7.98. The zero-order chi connectivity index (χ0) is 17.6. The highest BCUT2D eigenvalue weighted by atomic mass is 32.2. The van der Waals surface area contributed by atoms with Crippen molar-refractivity contribution in [3.63, 3.8) is 0 Å². The van der Waals surface area contributed by atoms with E-state index in [0.29, 0.717) is 5.69 Å². The van der Waals surface area contributed by atoms with E-state index in [2.05, 4.69) is 37.0 Å². The Labute approximate surface area is 154 Å². The monoisotopic (exact) mass is 354 g/mol. The maximum atomic E-state index is 12.7. The first-order chi connectivity index (χ1) is 12.1. The van der Waals surface area contributed by atoms with E-state index in [0.717, 1.165) is 37.4 Å². The summed E-state index contributed by atoms with van der Waals surface area (Å²) in [6.45, 7) is 5.98. The van der Waals surface area contributed by atoms with Crippen molar-refractivity contribution in [2.45, 2.75) is 50.2 Å². The number of carbonyl (C=O) groups excluding carboxylic acids is 1. The molecule has 3 rings (SSSR count). The van der Waals surface area contributed by atoms with Gasteiger partial charge in [-0.3, -0.25) is 4.79 Å². The van der Waals surface area contributed by atoms with Crippen molar-refractivity contribution in [2.24, 2.45) is 0 Å². The fraction of sp³-hybridized carbons (Fsp3) is 0.429. The Balaban J connectivity index is 1.67. The summed E-state index contributed by atoms with van der Waals surface area (Å²) in [6, 6.07) is 12.3. The van der Waals surface area contributed by atoms with Crippen LogP contribution in [0.15, 0.2) is 41.3 Å². The Hall–Kier alpha value is -1.81. The average molecular weight is 355 g/mol. The van der Waals surface area contributed by atoms with Gasteiger partial charge in [-0.05, 0) is 50.5 Å². The maximum Gasteiger partial charge on any atom is 0.272 e. The molecule has 25 heavy (non-hydrogen) atoms. The first-order valence-electron chi connectivity index (χ1n) is 9.09. The van der Waals surface area contributed by atoms with Gasteiger partial charge < -0.3 is 4.90 Å². The van der Waals surface area contributed by atoms with Gasteiger partial charge >= 0.3 is 0 Å². The molecule has 0 atom stereocenters. The Bertz CT molecular complexity index is 736. The number of carbonyl (C=O) groups is 1. The first kappa shape index (κ1) is 18.0. The summed E-state index contributed by atoms with van der Waals surface area (Å²) in [5.74, 6) is 0.866. The summed E-state index contributed by atoms with van der Waals surface area (Å²) < 4.78 is 0. The van der Waals surface area contributed by atoms with Gasteiger partial charge in [-0.2, -0.15) is 0 Å². The molecule has 1 aromatic heterocycles. The Morgan fingerprint density at radius 2 is 1.84 bits per heavy atom. The lowest BCUT2D eigenvalue weighted by Crippen LogP contribution is -2.32. The molecule has 1 saturated heterocycles. The molecule has 0 aliphatic carbocycles. The van der Waals surface area contributed by atoms with E-state index >= 15 is 0 Å². The van der Waals surface area contributed by atoms with Crippen LogP contribution in [0.3, 0.4) is 0 Å². The van der Waals surface area contributed by atoms with Gasteiger partial charge in [0, 0.05) is 23.7 Å². The predicted octanol–water partition coefficient (Wildman–Crippen LogP) is 5.01. The fourth-order valence-electron chi connectivity index (χ4n) is 3.23. The van der Waals surface area contributed by atoms with Gasteiger partial charge in [-0.1, -0.05) is 36.6 Å². The second-order valence-electron chi connectivity index (χ2n) is 6.78. The molecule has 4 heteroatoms. The quantitative estimate of drug-likeness (QED) is 0.724. The number of hydrogen-bond acceptors (Lipinski definition) is 3. The molecule has 0 unspecified atom stereocenters. The third-order valence-electron chi connectivity index (χ3n) is 4.63. The SMILES string of the molecule is Cc1ccc(SCc2cccc(C(=O)N3CCCCCC3)n2)c(C)c1. The Morgan fingerprint density at radius 3 is 2.56 bits per heavy atom. The van der Waals surface area contributed by atoms with E-state index in [1.165, 1.54) is 28.9 Å². The van der Waals surface area contributed by atoms with Crippen molar-refractivity contribution in [1.29, 1.82) is 0 Å². The van der Waals surface area contributed by atoms with E-state index in [1.54, 1.807) is 11.8 Å².